The molecule has 1 aliphatic carbocycles. The van der Waals surface area contributed by atoms with Crippen LogP contribution in [0.1, 0.15) is 25.7 Å². The number of hydrogen-bond donors (Lipinski definition) is 2. The molecular weight excluding hydrogens is 324 g/mol. The lowest BCUT2D eigenvalue weighted by Gasteiger charge is -2.51. The molecule has 25 heavy (non-hydrogen) atoms. The highest BCUT2D eigenvalue weighted by Crippen LogP contribution is 2.48. The summed E-state index contributed by atoms with van der Waals surface area (Å²) in [5.41, 5.74) is 0.803. The second-order valence-corrected chi connectivity index (χ2v) is 6.58. The van der Waals surface area contributed by atoms with Crippen molar-refractivity contribution in [2.24, 2.45) is 5.41 Å². The quantitative estimate of drug-likeness (QED) is 0.854. The molecule has 2 N–H and O–H groups in total. The second-order valence-electron chi connectivity index (χ2n) is 6.58. The van der Waals surface area contributed by atoms with E-state index in [1.54, 1.807) is 33.5 Å². The molecule has 2 aliphatic rings. The van der Waals surface area contributed by atoms with Gasteiger partial charge < -0.3 is 29.6 Å². The molecule has 3 rings (SSSR count). The molecule has 0 radical (unpaired) electrons. The summed E-state index contributed by atoms with van der Waals surface area (Å²) in [7, 11) is 4.64. The number of hydrogen-bond acceptors (Lipinski definition) is 5. The van der Waals surface area contributed by atoms with Gasteiger partial charge in [-0.3, -0.25) is 0 Å². The zero-order valence-corrected chi connectivity index (χ0v) is 15.0. The molecule has 1 aliphatic heterocycles. The standard InChI is InChI=1S/C18H26N2O5/c1-22-13-10-12(11-14(23-2)16(13)24-3)19-17(21)20-15-4-5-18(15)6-8-25-9-7-18/h10-11,15H,4-9H2,1-3H3,(H2,19,20,21). The Kier molecular flexibility index (Phi) is 5.22. The molecule has 2 fully saturated rings. The molecule has 0 bridgehead atoms. The number of carbonyl (C=O) groups is 1. The third-order valence-electron chi connectivity index (χ3n) is 5.39. The third-order valence-corrected chi connectivity index (χ3v) is 5.39. The van der Waals surface area contributed by atoms with E-state index in [-0.39, 0.29) is 17.5 Å². The highest BCUT2D eigenvalue weighted by molar-refractivity contribution is 5.90. The number of benzene rings is 1. The molecular formula is C18H26N2O5. The van der Waals surface area contributed by atoms with Gasteiger partial charge in [0, 0.05) is 31.4 Å². The van der Waals surface area contributed by atoms with Crippen LogP contribution >= 0.6 is 0 Å². The SMILES string of the molecule is COc1cc(NC(=O)NC2CCC23CCOCC3)cc(OC)c1OC. The summed E-state index contributed by atoms with van der Waals surface area (Å²) >= 11 is 0. The second kappa shape index (κ2) is 7.39. The predicted molar refractivity (Wildman–Crippen MR) is 93.8 cm³/mol. The number of nitrogens with one attached hydrogen (secondary N) is 2. The minimum atomic E-state index is -0.218. The monoisotopic (exact) mass is 350 g/mol. The number of methoxy groups -OCH3 is 3. The summed E-state index contributed by atoms with van der Waals surface area (Å²) in [6, 6.07) is 3.42. The number of amides is 2. The fourth-order valence-corrected chi connectivity index (χ4v) is 3.78. The molecule has 1 aromatic carbocycles. The van der Waals surface area contributed by atoms with Gasteiger partial charge in [-0.15, -0.1) is 0 Å². The Balaban J connectivity index is 1.67. The largest absolute Gasteiger partial charge is 0.493 e. The van der Waals surface area contributed by atoms with Crippen molar-refractivity contribution in [2.45, 2.75) is 31.7 Å². The van der Waals surface area contributed by atoms with Gasteiger partial charge in [-0.05, 0) is 31.1 Å². The lowest BCUT2D eigenvalue weighted by atomic mass is 9.60. The van der Waals surface area contributed by atoms with E-state index in [9.17, 15) is 4.79 Å². The first-order valence-corrected chi connectivity index (χ1v) is 8.57. The zero-order chi connectivity index (χ0) is 17.9. The van der Waals surface area contributed by atoms with Gasteiger partial charge in [-0.25, -0.2) is 4.79 Å². The van der Waals surface area contributed by atoms with Crippen molar-refractivity contribution in [3.05, 3.63) is 12.1 Å². The van der Waals surface area contributed by atoms with Gasteiger partial charge in [-0.2, -0.15) is 0 Å². The van der Waals surface area contributed by atoms with Gasteiger partial charge in [0.1, 0.15) is 0 Å². The lowest BCUT2D eigenvalue weighted by Crippen LogP contribution is -2.57. The minimum absolute atomic E-state index is 0.207. The van der Waals surface area contributed by atoms with Gasteiger partial charge >= 0.3 is 6.03 Å². The Hall–Kier alpha value is -2.15. The Bertz CT molecular complexity index is 603. The molecule has 1 heterocycles. The topological polar surface area (TPSA) is 78.1 Å². The molecule has 138 valence electrons. The molecule has 1 spiro atoms. The maximum Gasteiger partial charge on any atom is 0.319 e. The van der Waals surface area contributed by atoms with Crippen molar-refractivity contribution in [1.29, 1.82) is 0 Å². The average molecular weight is 350 g/mol. The first kappa shape index (κ1) is 17.7. The van der Waals surface area contributed by atoms with Crippen LogP contribution in [-0.2, 0) is 4.74 Å². The van der Waals surface area contributed by atoms with E-state index >= 15 is 0 Å². The molecule has 1 saturated heterocycles. The highest BCUT2D eigenvalue weighted by atomic mass is 16.5. The van der Waals surface area contributed by atoms with Crippen LogP contribution < -0.4 is 24.8 Å². The zero-order valence-electron chi connectivity index (χ0n) is 15.0. The van der Waals surface area contributed by atoms with Gasteiger partial charge in [0.15, 0.2) is 11.5 Å². The van der Waals surface area contributed by atoms with Gasteiger partial charge in [0.05, 0.1) is 27.0 Å². The van der Waals surface area contributed by atoms with E-state index in [0.29, 0.717) is 22.9 Å². The van der Waals surface area contributed by atoms with Gasteiger partial charge in [0.25, 0.3) is 0 Å². The first-order valence-electron chi connectivity index (χ1n) is 8.57. The highest BCUT2D eigenvalue weighted by Gasteiger charge is 2.47. The maximum absolute atomic E-state index is 12.4. The number of rotatable bonds is 5. The minimum Gasteiger partial charge on any atom is -0.493 e. The summed E-state index contributed by atoms with van der Waals surface area (Å²) in [6.07, 6.45) is 4.21. The summed E-state index contributed by atoms with van der Waals surface area (Å²) in [4.78, 5) is 12.4. The van der Waals surface area contributed by atoms with E-state index in [0.717, 1.165) is 38.9 Å². The van der Waals surface area contributed by atoms with Crippen LogP contribution in [0, 0.1) is 5.41 Å². The third kappa shape index (κ3) is 3.46. The molecule has 0 aromatic heterocycles. The number of carbonyl (C=O) groups excluding carboxylic acids is 1. The average Bonchev–Trinajstić information content (AvgIpc) is 2.65. The summed E-state index contributed by atoms with van der Waals surface area (Å²) in [5.74, 6) is 1.50. The molecule has 1 atom stereocenters. The van der Waals surface area contributed by atoms with E-state index < -0.39 is 0 Å². The molecule has 1 unspecified atom stereocenters. The van der Waals surface area contributed by atoms with Crippen LogP contribution in [0.5, 0.6) is 17.2 Å². The fourth-order valence-electron chi connectivity index (χ4n) is 3.78. The van der Waals surface area contributed by atoms with Crippen LogP contribution in [0.4, 0.5) is 10.5 Å². The number of anilines is 1. The van der Waals surface area contributed by atoms with E-state index in [2.05, 4.69) is 10.6 Å². The summed E-state index contributed by atoms with van der Waals surface area (Å²) in [5, 5.41) is 5.98. The Morgan fingerprint density at radius 3 is 2.20 bits per heavy atom. The summed E-state index contributed by atoms with van der Waals surface area (Å²) < 4.78 is 21.4. The van der Waals surface area contributed by atoms with Crippen molar-refractivity contribution in [3.8, 4) is 17.2 Å². The number of urea groups is 1. The van der Waals surface area contributed by atoms with Gasteiger partial charge in [0.2, 0.25) is 5.75 Å². The molecule has 7 heteroatoms. The van der Waals surface area contributed by atoms with Crippen molar-refractivity contribution in [3.63, 3.8) is 0 Å². The summed E-state index contributed by atoms with van der Waals surface area (Å²) in [6.45, 7) is 1.57. The first-order chi connectivity index (χ1) is 12.1. The number of ether oxygens (including phenoxy) is 4. The normalized spacial score (nSPS) is 21.2. The van der Waals surface area contributed by atoms with Crippen LogP contribution in [-0.4, -0.2) is 46.6 Å². The molecule has 7 nitrogen and oxygen atoms in total. The molecule has 1 saturated carbocycles. The van der Waals surface area contributed by atoms with Crippen molar-refractivity contribution >= 4 is 11.7 Å². The Morgan fingerprint density at radius 2 is 1.72 bits per heavy atom. The smallest absolute Gasteiger partial charge is 0.319 e. The Labute approximate surface area is 148 Å². The van der Waals surface area contributed by atoms with E-state index in [1.165, 1.54) is 0 Å². The van der Waals surface area contributed by atoms with Gasteiger partial charge in [-0.1, -0.05) is 0 Å². The van der Waals surface area contributed by atoms with E-state index in [4.69, 9.17) is 18.9 Å². The predicted octanol–water partition coefficient (Wildman–Crippen LogP) is 2.79. The van der Waals surface area contributed by atoms with Crippen LogP contribution in [0.15, 0.2) is 12.1 Å². The molecule has 2 amide bonds. The van der Waals surface area contributed by atoms with Crippen LogP contribution in [0.25, 0.3) is 0 Å². The van der Waals surface area contributed by atoms with Crippen LogP contribution in [0.3, 0.4) is 0 Å². The Morgan fingerprint density at radius 1 is 1.08 bits per heavy atom. The van der Waals surface area contributed by atoms with Crippen molar-refractivity contribution in [2.75, 3.05) is 39.9 Å². The maximum atomic E-state index is 12.4. The fraction of sp³-hybridized carbons (Fsp3) is 0.611. The van der Waals surface area contributed by atoms with Crippen molar-refractivity contribution < 1.29 is 23.7 Å². The van der Waals surface area contributed by atoms with E-state index in [1.807, 2.05) is 0 Å². The molecule has 1 aromatic rings. The lowest BCUT2D eigenvalue weighted by molar-refractivity contribution is -0.0507. The van der Waals surface area contributed by atoms with Crippen LogP contribution in [0.2, 0.25) is 0 Å². The van der Waals surface area contributed by atoms with Crippen molar-refractivity contribution in [1.82, 2.24) is 5.32 Å².